The van der Waals surface area contributed by atoms with Crippen molar-refractivity contribution in [1.82, 2.24) is 10.6 Å². The van der Waals surface area contributed by atoms with Crippen LogP contribution in [0.15, 0.2) is 0 Å². The van der Waals surface area contributed by atoms with Crippen molar-refractivity contribution in [3.05, 3.63) is 0 Å². The van der Waals surface area contributed by atoms with E-state index in [4.69, 9.17) is 0 Å². The molecule has 0 heterocycles. The first-order valence-electron chi connectivity index (χ1n) is 7.60. The van der Waals surface area contributed by atoms with E-state index in [1.807, 2.05) is 0 Å². The standard InChI is InChI=1S/C15H34N2/c1-5-15(4)17-13-12-16-11-9-7-6-8-10-14(2)3/h14-17H,5-13H2,1-4H3. The molecule has 17 heavy (non-hydrogen) atoms. The summed E-state index contributed by atoms with van der Waals surface area (Å²) in [5.74, 6) is 0.875. The maximum atomic E-state index is 3.50. The Bertz CT molecular complexity index is 146. The molecule has 0 rings (SSSR count). The molecule has 0 saturated carbocycles. The maximum absolute atomic E-state index is 3.50. The molecule has 0 aliphatic carbocycles. The summed E-state index contributed by atoms with van der Waals surface area (Å²) in [7, 11) is 0. The Morgan fingerprint density at radius 3 is 2.18 bits per heavy atom. The lowest BCUT2D eigenvalue weighted by atomic mass is 10.0. The molecule has 0 aromatic rings. The monoisotopic (exact) mass is 242 g/mol. The van der Waals surface area contributed by atoms with Crippen LogP contribution in [0.25, 0.3) is 0 Å². The predicted molar refractivity (Wildman–Crippen MR) is 78.5 cm³/mol. The van der Waals surface area contributed by atoms with Gasteiger partial charge in [-0.1, -0.05) is 46.5 Å². The Hall–Kier alpha value is -0.0800. The van der Waals surface area contributed by atoms with E-state index in [1.165, 1.54) is 45.1 Å². The van der Waals surface area contributed by atoms with Crippen molar-refractivity contribution in [1.29, 1.82) is 0 Å². The van der Waals surface area contributed by atoms with E-state index < -0.39 is 0 Å². The van der Waals surface area contributed by atoms with Crippen molar-refractivity contribution >= 4 is 0 Å². The molecule has 2 N–H and O–H groups in total. The van der Waals surface area contributed by atoms with Crippen molar-refractivity contribution in [2.75, 3.05) is 19.6 Å². The highest BCUT2D eigenvalue weighted by Gasteiger charge is 1.96. The smallest absolute Gasteiger partial charge is 0.00792 e. The lowest BCUT2D eigenvalue weighted by Crippen LogP contribution is -2.33. The van der Waals surface area contributed by atoms with Gasteiger partial charge in [-0.2, -0.15) is 0 Å². The van der Waals surface area contributed by atoms with Crippen LogP contribution in [-0.4, -0.2) is 25.7 Å². The van der Waals surface area contributed by atoms with Gasteiger partial charge in [-0.25, -0.2) is 0 Å². The molecule has 1 unspecified atom stereocenters. The van der Waals surface area contributed by atoms with Crippen LogP contribution in [0.5, 0.6) is 0 Å². The Labute approximate surface area is 109 Å². The van der Waals surface area contributed by atoms with Gasteiger partial charge in [-0.15, -0.1) is 0 Å². The van der Waals surface area contributed by atoms with Crippen LogP contribution in [-0.2, 0) is 0 Å². The van der Waals surface area contributed by atoms with Crippen molar-refractivity contribution in [2.24, 2.45) is 5.92 Å². The van der Waals surface area contributed by atoms with E-state index in [0.29, 0.717) is 6.04 Å². The minimum atomic E-state index is 0.660. The summed E-state index contributed by atoms with van der Waals surface area (Å²) in [5, 5.41) is 7.00. The Balaban J connectivity index is 2.99. The number of nitrogens with one attached hydrogen (secondary N) is 2. The zero-order valence-electron chi connectivity index (χ0n) is 12.5. The molecular formula is C15H34N2. The van der Waals surface area contributed by atoms with Crippen LogP contribution in [0.4, 0.5) is 0 Å². The zero-order valence-corrected chi connectivity index (χ0v) is 12.5. The zero-order chi connectivity index (χ0) is 12.9. The van der Waals surface area contributed by atoms with Crippen molar-refractivity contribution < 1.29 is 0 Å². The SMILES string of the molecule is CCC(C)NCCNCCCCCCC(C)C. The van der Waals surface area contributed by atoms with Crippen LogP contribution >= 0.6 is 0 Å². The minimum absolute atomic E-state index is 0.660. The van der Waals surface area contributed by atoms with Gasteiger partial charge in [-0.3, -0.25) is 0 Å². The molecule has 0 fully saturated rings. The topological polar surface area (TPSA) is 24.1 Å². The van der Waals surface area contributed by atoms with Gasteiger partial charge in [0.2, 0.25) is 0 Å². The van der Waals surface area contributed by atoms with Crippen LogP contribution < -0.4 is 10.6 Å². The summed E-state index contributed by atoms with van der Waals surface area (Å²) in [6.07, 6.45) is 8.15. The second kappa shape index (κ2) is 12.4. The lowest BCUT2D eigenvalue weighted by molar-refractivity contribution is 0.497. The van der Waals surface area contributed by atoms with E-state index >= 15 is 0 Å². The first-order chi connectivity index (χ1) is 8.16. The largest absolute Gasteiger partial charge is 0.315 e. The van der Waals surface area contributed by atoms with E-state index in [1.54, 1.807) is 0 Å². The highest BCUT2D eigenvalue weighted by atomic mass is 15.0. The summed E-state index contributed by atoms with van der Waals surface area (Å²) in [6, 6.07) is 0.660. The third-order valence-electron chi connectivity index (χ3n) is 3.29. The van der Waals surface area contributed by atoms with Gasteiger partial charge < -0.3 is 10.6 Å². The molecular weight excluding hydrogens is 208 g/mol. The van der Waals surface area contributed by atoms with Crippen LogP contribution in [0.3, 0.4) is 0 Å². The van der Waals surface area contributed by atoms with Gasteiger partial charge in [0, 0.05) is 19.1 Å². The average Bonchev–Trinajstić information content (AvgIpc) is 2.30. The fourth-order valence-corrected chi connectivity index (χ4v) is 1.83. The fraction of sp³-hybridized carbons (Fsp3) is 1.00. The number of rotatable bonds is 12. The van der Waals surface area contributed by atoms with Gasteiger partial charge in [-0.05, 0) is 32.2 Å². The molecule has 0 aliphatic rings. The lowest BCUT2D eigenvalue weighted by Gasteiger charge is -2.11. The Morgan fingerprint density at radius 2 is 1.53 bits per heavy atom. The van der Waals surface area contributed by atoms with Crippen molar-refractivity contribution in [3.8, 4) is 0 Å². The van der Waals surface area contributed by atoms with E-state index in [0.717, 1.165) is 19.0 Å². The normalized spacial score (nSPS) is 13.2. The first kappa shape index (κ1) is 16.9. The molecule has 1 atom stereocenters. The molecule has 0 spiro atoms. The quantitative estimate of drug-likeness (QED) is 0.511. The van der Waals surface area contributed by atoms with E-state index in [9.17, 15) is 0 Å². The van der Waals surface area contributed by atoms with Crippen LogP contribution in [0.1, 0.15) is 66.2 Å². The highest BCUT2D eigenvalue weighted by molar-refractivity contribution is 4.59. The number of hydrogen-bond donors (Lipinski definition) is 2. The Morgan fingerprint density at radius 1 is 0.824 bits per heavy atom. The molecule has 104 valence electrons. The van der Waals surface area contributed by atoms with Crippen LogP contribution in [0, 0.1) is 5.92 Å². The summed E-state index contributed by atoms with van der Waals surface area (Å²) in [6.45, 7) is 12.5. The highest BCUT2D eigenvalue weighted by Crippen LogP contribution is 2.08. The van der Waals surface area contributed by atoms with Crippen molar-refractivity contribution in [2.45, 2.75) is 72.3 Å². The minimum Gasteiger partial charge on any atom is -0.315 e. The van der Waals surface area contributed by atoms with Gasteiger partial charge in [0.1, 0.15) is 0 Å². The van der Waals surface area contributed by atoms with E-state index in [-0.39, 0.29) is 0 Å². The maximum Gasteiger partial charge on any atom is 0.00792 e. The third-order valence-corrected chi connectivity index (χ3v) is 3.29. The fourth-order valence-electron chi connectivity index (χ4n) is 1.83. The molecule has 2 heteroatoms. The first-order valence-corrected chi connectivity index (χ1v) is 7.60. The van der Waals surface area contributed by atoms with Gasteiger partial charge >= 0.3 is 0 Å². The summed E-state index contributed by atoms with van der Waals surface area (Å²) < 4.78 is 0. The number of hydrogen-bond acceptors (Lipinski definition) is 2. The summed E-state index contributed by atoms with van der Waals surface area (Å²) >= 11 is 0. The molecule has 0 aromatic heterocycles. The molecule has 0 aromatic carbocycles. The summed E-state index contributed by atoms with van der Waals surface area (Å²) in [4.78, 5) is 0. The van der Waals surface area contributed by atoms with Gasteiger partial charge in [0.05, 0.1) is 0 Å². The average molecular weight is 242 g/mol. The second-order valence-electron chi connectivity index (χ2n) is 5.61. The van der Waals surface area contributed by atoms with Crippen molar-refractivity contribution in [3.63, 3.8) is 0 Å². The van der Waals surface area contributed by atoms with Gasteiger partial charge in [0.25, 0.3) is 0 Å². The molecule has 2 nitrogen and oxygen atoms in total. The predicted octanol–water partition coefficient (Wildman–Crippen LogP) is 3.57. The molecule has 0 aliphatic heterocycles. The second-order valence-corrected chi connectivity index (χ2v) is 5.61. The molecule has 0 radical (unpaired) electrons. The summed E-state index contributed by atoms with van der Waals surface area (Å²) in [5.41, 5.74) is 0. The van der Waals surface area contributed by atoms with E-state index in [2.05, 4.69) is 38.3 Å². The molecule has 0 bridgehead atoms. The molecule has 0 amide bonds. The molecule has 0 saturated heterocycles. The third kappa shape index (κ3) is 13.9. The van der Waals surface area contributed by atoms with Gasteiger partial charge in [0.15, 0.2) is 0 Å². The van der Waals surface area contributed by atoms with Crippen LogP contribution in [0.2, 0.25) is 0 Å². The number of unbranched alkanes of at least 4 members (excludes halogenated alkanes) is 3. The Kier molecular flexibility index (Phi) is 12.3.